The van der Waals surface area contributed by atoms with Gasteiger partial charge < -0.3 is 9.90 Å². The number of pyridine rings is 1. The van der Waals surface area contributed by atoms with Crippen molar-refractivity contribution in [2.45, 2.75) is 10.6 Å². The third-order valence-electron chi connectivity index (χ3n) is 5.27. The molecule has 30 heavy (non-hydrogen) atoms. The lowest BCUT2D eigenvalue weighted by molar-refractivity contribution is -0.254. The highest BCUT2D eigenvalue weighted by Gasteiger charge is 2.32. The molecular weight excluding hydrogens is 405 g/mol. The van der Waals surface area contributed by atoms with Gasteiger partial charge in [0.2, 0.25) is 0 Å². The maximum atomic E-state index is 13.7. The summed E-state index contributed by atoms with van der Waals surface area (Å²) in [5, 5.41) is 11.9. The number of carboxylic acid groups (broad SMARTS) is 1. The molecular formula is C23H13FNO4S-. The molecule has 0 fully saturated rings. The minimum Gasteiger partial charge on any atom is -0.545 e. The molecule has 7 heteroatoms. The molecule has 5 rings (SSSR count). The molecule has 5 nitrogen and oxygen atoms in total. The van der Waals surface area contributed by atoms with Gasteiger partial charge >= 0.3 is 0 Å². The quantitative estimate of drug-likeness (QED) is 0.498. The fourth-order valence-electron chi connectivity index (χ4n) is 3.92. The highest BCUT2D eigenvalue weighted by atomic mass is 32.2. The summed E-state index contributed by atoms with van der Waals surface area (Å²) in [6.07, 6.45) is 0. The van der Waals surface area contributed by atoms with E-state index in [2.05, 4.69) is 4.98 Å². The second-order valence-electron chi connectivity index (χ2n) is 7.10. The lowest BCUT2D eigenvalue weighted by Crippen LogP contribution is -2.27. The molecule has 0 saturated heterocycles. The number of carbonyl (C=O) groups excluding carboxylic acids is 1. The van der Waals surface area contributed by atoms with Crippen LogP contribution in [0.5, 0.6) is 0 Å². The van der Waals surface area contributed by atoms with Crippen LogP contribution < -0.4 is 5.11 Å². The summed E-state index contributed by atoms with van der Waals surface area (Å²) in [7, 11) is -3.85. The molecule has 0 saturated carbocycles. The van der Waals surface area contributed by atoms with Gasteiger partial charge in [-0.2, -0.15) is 0 Å². The van der Waals surface area contributed by atoms with E-state index in [1.54, 1.807) is 18.2 Å². The Hall–Kier alpha value is -3.58. The molecule has 1 aromatic heterocycles. The molecule has 148 valence electrons. The lowest BCUT2D eigenvalue weighted by Gasteiger charge is -2.24. The van der Waals surface area contributed by atoms with Crippen molar-refractivity contribution in [1.82, 2.24) is 4.98 Å². The molecule has 3 aromatic carbocycles. The fourth-order valence-corrected chi connectivity index (χ4v) is 5.55. The number of aromatic nitrogens is 1. The summed E-state index contributed by atoms with van der Waals surface area (Å²) in [5.74, 6) is -2.75. The van der Waals surface area contributed by atoms with Gasteiger partial charge in [0, 0.05) is 22.1 Å². The van der Waals surface area contributed by atoms with E-state index in [1.165, 1.54) is 12.1 Å². The van der Waals surface area contributed by atoms with Crippen molar-refractivity contribution in [3.63, 3.8) is 0 Å². The van der Waals surface area contributed by atoms with Crippen molar-refractivity contribution < 1.29 is 22.7 Å². The molecule has 2 heterocycles. The number of aromatic carboxylic acids is 1. The van der Waals surface area contributed by atoms with Crippen molar-refractivity contribution >= 4 is 26.7 Å². The first kappa shape index (κ1) is 18.4. The number of carboxylic acids is 1. The summed E-state index contributed by atoms with van der Waals surface area (Å²) >= 11 is 0. The smallest absolute Gasteiger partial charge is 0.183 e. The maximum Gasteiger partial charge on any atom is 0.183 e. The third kappa shape index (κ3) is 2.78. The topological polar surface area (TPSA) is 87.2 Å². The highest BCUT2D eigenvalue weighted by molar-refractivity contribution is 7.91. The first-order chi connectivity index (χ1) is 14.3. The van der Waals surface area contributed by atoms with E-state index in [0.717, 1.165) is 17.2 Å². The van der Waals surface area contributed by atoms with Gasteiger partial charge in [-0.1, -0.05) is 42.5 Å². The number of sulfone groups is 1. The average molecular weight is 418 g/mol. The van der Waals surface area contributed by atoms with Gasteiger partial charge in [-0.3, -0.25) is 0 Å². The van der Waals surface area contributed by atoms with Crippen LogP contribution in [0.4, 0.5) is 4.39 Å². The zero-order valence-corrected chi connectivity index (χ0v) is 16.2. The highest BCUT2D eigenvalue weighted by Crippen LogP contribution is 2.41. The number of nitrogens with zero attached hydrogens (tertiary/aromatic N) is 1. The number of halogens is 1. The van der Waals surface area contributed by atoms with Gasteiger partial charge in [0.15, 0.2) is 9.84 Å². The predicted octanol–water partition coefficient (Wildman–Crippen LogP) is 3.36. The van der Waals surface area contributed by atoms with E-state index in [-0.39, 0.29) is 32.6 Å². The lowest BCUT2D eigenvalue weighted by atomic mass is 9.95. The maximum absolute atomic E-state index is 13.7. The Morgan fingerprint density at radius 3 is 2.47 bits per heavy atom. The molecule has 1 aliphatic heterocycles. The molecule has 0 spiro atoms. The summed E-state index contributed by atoms with van der Waals surface area (Å²) in [5.41, 5.74) is 2.11. The summed E-state index contributed by atoms with van der Waals surface area (Å²) in [6.45, 7) is 0. The zero-order chi connectivity index (χ0) is 21.0. The standard InChI is InChI=1S/C23H14FNO4S/c24-15-7-9-19-17(11-15)21(23(26)27)18-12-30(28,29)20-10-14(13-4-2-1-3-5-13)6-8-16(20)22(18)25-19/h1-11H,12H2,(H,26,27)/p-1. The van der Waals surface area contributed by atoms with Gasteiger partial charge in [-0.05, 0) is 35.4 Å². The Balaban J connectivity index is 1.84. The molecule has 0 N–H and O–H groups in total. The van der Waals surface area contributed by atoms with Crippen molar-refractivity contribution in [1.29, 1.82) is 0 Å². The van der Waals surface area contributed by atoms with Crippen LogP contribution in [0, 0.1) is 5.82 Å². The Morgan fingerprint density at radius 2 is 1.73 bits per heavy atom. The fraction of sp³-hybridized carbons (Fsp3) is 0.0435. The SMILES string of the molecule is O=C([O-])c1c2c(nc3ccc(F)cc13)-c1ccc(-c3ccccc3)cc1S(=O)(=O)C2. The zero-order valence-electron chi connectivity index (χ0n) is 15.4. The number of fused-ring (bicyclic) bond motifs is 4. The number of carbonyl (C=O) groups is 1. The van der Waals surface area contributed by atoms with Gasteiger partial charge in [0.1, 0.15) is 5.82 Å². The van der Waals surface area contributed by atoms with Crippen molar-refractivity contribution in [3.05, 3.63) is 83.7 Å². The van der Waals surface area contributed by atoms with Gasteiger partial charge in [0.05, 0.1) is 27.8 Å². The van der Waals surface area contributed by atoms with E-state index < -0.39 is 27.4 Å². The van der Waals surface area contributed by atoms with Crippen LogP contribution >= 0.6 is 0 Å². The van der Waals surface area contributed by atoms with Crippen LogP contribution in [0.3, 0.4) is 0 Å². The molecule has 0 bridgehead atoms. The van der Waals surface area contributed by atoms with Crippen molar-refractivity contribution in [2.75, 3.05) is 0 Å². The van der Waals surface area contributed by atoms with Crippen LogP contribution in [0.15, 0.2) is 71.6 Å². The molecule has 4 aromatic rings. The largest absolute Gasteiger partial charge is 0.545 e. The predicted molar refractivity (Wildman–Crippen MR) is 108 cm³/mol. The minimum absolute atomic E-state index is 0.0214. The Morgan fingerprint density at radius 1 is 0.967 bits per heavy atom. The van der Waals surface area contributed by atoms with Gasteiger partial charge in [-0.15, -0.1) is 0 Å². The van der Waals surface area contributed by atoms with Gasteiger partial charge in [-0.25, -0.2) is 17.8 Å². The Labute approximate surface area is 171 Å². The Bertz CT molecular complexity index is 1460. The number of hydrogen-bond donors (Lipinski definition) is 0. The summed E-state index contributed by atoms with van der Waals surface area (Å²) in [6, 6.07) is 17.9. The van der Waals surface area contributed by atoms with E-state index in [0.29, 0.717) is 5.56 Å². The molecule has 0 unspecified atom stereocenters. The number of hydrogen-bond acceptors (Lipinski definition) is 5. The molecule has 0 atom stereocenters. The monoisotopic (exact) mass is 418 g/mol. The van der Waals surface area contributed by atoms with Crippen LogP contribution in [-0.4, -0.2) is 19.4 Å². The van der Waals surface area contributed by atoms with E-state index >= 15 is 0 Å². The van der Waals surface area contributed by atoms with Gasteiger partial charge in [0.25, 0.3) is 0 Å². The summed E-state index contributed by atoms with van der Waals surface area (Å²) in [4.78, 5) is 16.5. The van der Waals surface area contributed by atoms with Crippen molar-refractivity contribution in [3.8, 4) is 22.4 Å². The van der Waals surface area contributed by atoms with E-state index in [4.69, 9.17) is 0 Å². The first-order valence-corrected chi connectivity index (χ1v) is 10.8. The molecule has 0 radical (unpaired) electrons. The second kappa shape index (κ2) is 6.47. The second-order valence-corrected chi connectivity index (χ2v) is 9.06. The molecule has 1 aliphatic rings. The van der Waals surface area contributed by atoms with Crippen LogP contribution in [-0.2, 0) is 15.6 Å². The molecule has 0 aliphatic carbocycles. The van der Waals surface area contributed by atoms with Crippen LogP contribution in [0.25, 0.3) is 33.3 Å². The normalized spacial score (nSPS) is 14.2. The van der Waals surface area contributed by atoms with Crippen LogP contribution in [0.1, 0.15) is 15.9 Å². The van der Waals surface area contributed by atoms with Crippen molar-refractivity contribution in [2.24, 2.45) is 0 Å². The van der Waals surface area contributed by atoms with E-state index in [9.17, 15) is 22.7 Å². The first-order valence-electron chi connectivity index (χ1n) is 9.11. The van der Waals surface area contributed by atoms with Crippen LogP contribution in [0.2, 0.25) is 0 Å². The molecule has 0 amide bonds. The number of benzene rings is 3. The summed E-state index contributed by atoms with van der Waals surface area (Å²) < 4.78 is 39.9. The number of rotatable bonds is 2. The average Bonchev–Trinajstić information content (AvgIpc) is 2.72. The van der Waals surface area contributed by atoms with E-state index in [1.807, 2.05) is 30.3 Å². The minimum atomic E-state index is -3.85. The third-order valence-corrected chi connectivity index (χ3v) is 6.94. The Kier molecular flexibility index (Phi) is 3.98.